The van der Waals surface area contributed by atoms with Crippen LogP contribution in [0.1, 0.15) is 32.6 Å². The van der Waals surface area contributed by atoms with Crippen molar-refractivity contribution in [2.24, 2.45) is 5.92 Å². The minimum atomic E-state index is 0. The Bertz CT molecular complexity index is 215. The van der Waals surface area contributed by atoms with Gasteiger partial charge in [0.25, 0.3) is 0 Å². The molecule has 5 heteroatoms. The van der Waals surface area contributed by atoms with E-state index in [4.69, 9.17) is 4.74 Å². The number of ether oxygens (including phenoxy) is 1. The number of nitrogens with one attached hydrogen (secondary N) is 2. The van der Waals surface area contributed by atoms with Gasteiger partial charge in [-0.25, -0.2) is 0 Å². The standard InChI is InChI=1S/C12H24N2O2.ClH/c1-10-5-3-4-6-11(10)14-12(15)9-13-7-8-16-2;/h10-11,13H,3-9H2,1-2H3,(H,14,15);1H. The Morgan fingerprint density at radius 2 is 2.06 bits per heavy atom. The molecule has 0 aromatic carbocycles. The van der Waals surface area contributed by atoms with Crippen LogP contribution in [-0.4, -0.2) is 38.8 Å². The van der Waals surface area contributed by atoms with E-state index in [9.17, 15) is 4.79 Å². The fourth-order valence-corrected chi connectivity index (χ4v) is 2.16. The summed E-state index contributed by atoms with van der Waals surface area (Å²) in [7, 11) is 1.66. The van der Waals surface area contributed by atoms with Crippen molar-refractivity contribution in [1.82, 2.24) is 10.6 Å². The van der Waals surface area contributed by atoms with E-state index in [0.717, 1.165) is 13.0 Å². The summed E-state index contributed by atoms with van der Waals surface area (Å²) in [6.45, 7) is 3.99. The highest BCUT2D eigenvalue weighted by molar-refractivity contribution is 5.85. The van der Waals surface area contributed by atoms with Crippen LogP contribution in [0.4, 0.5) is 0 Å². The van der Waals surface area contributed by atoms with Gasteiger partial charge in [-0.3, -0.25) is 4.79 Å². The zero-order valence-corrected chi connectivity index (χ0v) is 11.6. The Morgan fingerprint density at radius 1 is 1.35 bits per heavy atom. The highest BCUT2D eigenvalue weighted by atomic mass is 35.5. The van der Waals surface area contributed by atoms with Gasteiger partial charge in [0, 0.05) is 19.7 Å². The molecule has 0 spiro atoms. The summed E-state index contributed by atoms with van der Waals surface area (Å²) in [4.78, 5) is 11.6. The van der Waals surface area contributed by atoms with Gasteiger partial charge in [0.2, 0.25) is 5.91 Å². The number of hydrogen-bond donors (Lipinski definition) is 2. The van der Waals surface area contributed by atoms with Crippen molar-refractivity contribution in [2.75, 3.05) is 26.8 Å². The van der Waals surface area contributed by atoms with Crippen LogP contribution in [0.15, 0.2) is 0 Å². The first kappa shape index (κ1) is 16.7. The zero-order chi connectivity index (χ0) is 11.8. The Labute approximate surface area is 110 Å². The van der Waals surface area contributed by atoms with Crippen molar-refractivity contribution in [3.05, 3.63) is 0 Å². The Hall–Kier alpha value is -0.320. The number of carbonyl (C=O) groups is 1. The maximum Gasteiger partial charge on any atom is 0.234 e. The lowest BCUT2D eigenvalue weighted by molar-refractivity contribution is -0.121. The molecule has 0 aromatic rings. The second-order valence-electron chi connectivity index (χ2n) is 4.61. The van der Waals surface area contributed by atoms with Crippen molar-refractivity contribution in [3.63, 3.8) is 0 Å². The molecule has 0 aliphatic heterocycles. The molecule has 2 atom stereocenters. The number of methoxy groups -OCH3 is 1. The van der Waals surface area contributed by atoms with Gasteiger partial charge < -0.3 is 15.4 Å². The predicted octanol–water partition coefficient (Wildman–Crippen LogP) is 1.34. The molecule has 0 aromatic heterocycles. The first-order valence-corrected chi connectivity index (χ1v) is 6.23. The van der Waals surface area contributed by atoms with Crippen LogP contribution in [0, 0.1) is 5.92 Å². The molecule has 1 amide bonds. The van der Waals surface area contributed by atoms with Crippen LogP contribution >= 0.6 is 12.4 Å². The molecular formula is C12H25ClN2O2. The molecule has 1 rings (SSSR count). The number of rotatable bonds is 6. The van der Waals surface area contributed by atoms with Crippen LogP contribution in [0.2, 0.25) is 0 Å². The summed E-state index contributed by atoms with van der Waals surface area (Å²) in [6.07, 6.45) is 4.92. The molecule has 1 fully saturated rings. The number of halogens is 1. The second-order valence-corrected chi connectivity index (χ2v) is 4.61. The molecule has 1 aliphatic rings. The van der Waals surface area contributed by atoms with Gasteiger partial charge in [-0.2, -0.15) is 0 Å². The average Bonchev–Trinajstić information content (AvgIpc) is 2.28. The molecule has 0 radical (unpaired) electrons. The van der Waals surface area contributed by atoms with Gasteiger partial charge in [0.1, 0.15) is 0 Å². The third-order valence-electron chi connectivity index (χ3n) is 3.23. The van der Waals surface area contributed by atoms with E-state index >= 15 is 0 Å². The fraction of sp³-hybridized carbons (Fsp3) is 0.917. The van der Waals surface area contributed by atoms with Gasteiger partial charge in [-0.1, -0.05) is 19.8 Å². The highest BCUT2D eigenvalue weighted by Crippen LogP contribution is 2.23. The van der Waals surface area contributed by atoms with E-state index in [1.807, 2.05) is 0 Å². The molecule has 1 saturated carbocycles. The predicted molar refractivity (Wildman–Crippen MR) is 71.6 cm³/mol. The minimum absolute atomic E-state index is 0. The topological polar surface area (TPSA) is 50.4 Å². The SMILES string of the molecule is COCCNCC(=O)NC1CCCCC1C.Cl. The van der Waals surface area contributed by atoms with Gasteiger partial charge in [0.15, 0.2) is 0 Å². The van der Waals surface area contributed by atoms with E-state index in [1.165, 1.54) is 19.3 Å². The Morgan fingerprint density at radius 3 is 2.71 bits per heavy atom. The van der Waals surface area contributed by atoms with Crippen molar-refractivity contribution in [1.29, 1.82) is 0 Å². The smallest absolute Gasteiger partial charge is 0.234 e. The molecule has 0 saturated heterocycles. The monoisotopic (exact) mass is 264 g/mol. The van der Waals surface area contributed by atoms with Crippen molar-refractivity contribution in [3.8, 4) is 0 Å². The summed E-state index contributed by atoms with van der Waals surface area (Å²) in [6, 6.07) is 0.380. The van der Waals surface area contributed by atoms with Crippen LogP contribution in [-0.2, 0) is 9.53 Å². The lowest BCUT2D eigenvalue weighted by atomic mass is 9.86. The molecule has 1 aliphatic carbocycles. The van der Waals surface area contributed by atoms with Gasteiger partial charge in [-0.05, 0) is 18.8 Å². The molecule has 0 bridgehead atoms. The van der Waals surface area contributed by atoms with Crippen molar-refractivity contribution < 1.29 is 9.53 Å². The lowest BCUT2D eigenvalue weighted by Crippen LogP contribution is -2.45. The second kappa shape index (κ2) is 9.68. The molecule has 17 heavy (non-hydrogen) atoms. The number of amides is 1. The van der Waals surface area contributed by atoms with E-state index < -0.39 is 0 Å². The number of carbonyl (C=O) groups excluding carboxylic acids is 1. The van der Waals surface area contributed by atoms with Crippen LogP contribution < -0.4 is 10.6 Å². The quantitative estimate of drug-likeness (QED) is 0.712. The van der Waals surface area contributed by atoms with Crippen LogP contribution in [0.5, 0.6) is 0 Å². The largest absolute Gasteiger partial charge is 0.383 e. The molecule has 0 heterocycles. The summed E-state index contributed by atoms with van der Waals surface area (Å²) >= 11 is 0. The van der Waals surface area contributed by atoms with Crippen molar-refractivity contribution >= 4 is 18.3 Å². The normalized spacial score (nSPS) is 23.9. The molecule has 102 valence electrons. The molecular weight excluding hydrogens is 240 g/mol. The van der Waals surface area contributed by atoms with E-state index in [2.05, 4.69) is 17.6 Å². The highest BCUT2D eigenvalue weighted by Gasteiger charge is 2.22. The van der Waals surface area contributed by atoms with Crippen LogP contribution in [0.25, 0.3) is 0 Å². The summed E-state index contributed by atoms with van der Waals surface area (Å²) < 4.78 is 4.90. The number of hydrogen-bond acceptors (Lipinski definition) is 3. The maximum atomic E-state index is 11.6. The Balaban J connectivity index is 0.00000256. The average molecular weight is 265 g/mol. The molecule has 4 nitrogen and oxygen atoms in total. The maximum absolute atomic E-state index is 11.6. The van der Waals surface area contributed by atoms with Gasteiger partial charge in [-0.15, -0.1) is 12.4 Å². The molecule has 2 unspecified atom stereocenters. The first-order valence-electron chi connectivity index (χ1n) is 6.23. The summed E-state index contributed by atoms with van der Waals surface area (Å²) in [5.41, 5.74) is 0. The molecule has 2 N–H and O–H groups in total. The lowest BCUT2D eigenvalue weighted by Gasteiger charge is -2.29. The fourth-order valence-electron chi connectivity index (χ4n) is 2.16. The third kappa shape index (κ3) is 6.86. The Kier molecular flexibility index (Phi) is 9.50. The van der Waals surface area contributed by atoms with Gasteiger partial charge in [0.05, 0.1) is 13.2 Å². The van der Waals surface area contributed by atoms with E-state index in [0.29, 0.717) is 25.1 Å². The van der Waals surface area contributed by atoms with E-state index in [1.54, 1.807) is 7.11 Å². The van der Waals surface area contributed by atoms with E-state index in [-0.39, 0.29) is 18.3 Å². The zero-order valence-electron chi connectivity index (χ0n) is 10.8. The first-order chi connectivity index (χ1) is 7.74. The minimum Gasteiger partial charge on any atom is -0.383 e. The summed E-state index contributed by atoms with van der Waals surface area (Å²) in [5, 5.41) is 6.16. The third-order valence-corrected chi connectivity index (χ3v) is 3.23. The van der Waals surface area contributed by atoms with Gasteiger partial charge >= 0.3 is 0 Å². The van der Waals surface area contributed by atoms with Crippen LogP contribution in [0.3, 0.4) is 0 Å². The van der Waals surface area contributed by atoms with Crippen molar-refractivity contribution in [2.45, 2.75) is 38.6 Å². The summed E-state index contributed by atoms with van der Waals surface area (Å²) in [5.74, 6) is 0.728.